The lowest BCUT2D eigenvalue weighted by Crippen LogP contribution is -2.33. The normalized spacial score (nSPS) is 29.0. The van der Waals surface area contributed by atoms with Crippen molar-refractivity contribution in [3.05, 3.63) is 11.6 Å². The first kappa shape index (κ1) is 11.7. The van der Waals surface area contributed by atoms with E-state index in [4.69, 9.17) is 4.74 Å². The first-order valence-electron chi connectivity index (χ1n) is 5.46. The summed E-state index contributed by atoms with van der Waals surface area (Å²) in [5.74, 6) is 0. The Morgan fingerprint density at radius 2 is 2.36 bits per heavy atom. The van der Waals surface area contributed by atoms with Gasteiger partial charge in [-0.3, -0.25) is 0 Å². The monoisotopic (exact) mass is 200 g/mol. The Hall–Kier alpha value is -0.370. The highest BCUT2D eigenvalue weighted by Gasteiger charge is 2.39. The average Bonchev–Trinajstić information content (AvgIpc) is 2.50. The van der Waals surface area contributed by atoms with Crippen LogP contribution in [0, 0.1) is 5.41 Å². The fourth-order valence-electron chi connectivity index (χ4n) is 2.33. The van der Waals surface area contributed by atoms with Crippen LogP contribution in [0.1, 0.15) is 39.5 Å². The highest BCUT2D eigenvalue weighted by Crippen LogP contribution is 2.42. The van der Waals surface area contributed by atoms with Crippen molar-refractivity contribution in [2.24, 2.45) is 5.41 Å². The summed E-state index contributed by atoms with van der Waals surface area (Å²) in [6, 6.07) is 0. The number of ether oxygens (including phenoxy) is 1. The van der Waals surface area contributed by atoms with Gasteiger partial charge in [0.25, 0.3) is 0 Å². The summed E-state index contributed by atoms with van der Waals surface area (Å²) in [7, 11) is 1.65. The Labute approximate surface area is 86.3 Å². The fourth-order valence-corrected chi connectivity index (χ4v) is 2.33. The molecule has 1 nitrogen and oxygen atoms in total. The van der Waals surface area contributed by atoms with Crippen LogP contribution in [0.25, 0.3) is 0 Å². The van der Waals surface area contributed by atoms with Gasteiger partial charge in [0, 0.05) is 12.5 Å². The number of hydrogen-bond donors (Lipinski definition) is 0. The van der Waals surface area contributed by atoms with Gasteiger partial charge in [-0.25, -0.2) is 4.39 Å². The standard InChI is InChI=1S/C12H21FO/c1-4-5-11(13)12(9-14-3)7-6-10(2)8-12/h8,11H,4-7,9H2,1-3H3/t11-,12-/m1/s1. The summed E-state index contributed by atoms with van der Waals surface area (Å²) in [4.78, 5) is 0. The molecule has 1 aliphatic carbocycles. The van der Waals surface area contributed by atoms with Crippen molar-refractivity contribution in [3.8, 4) is 0 Å². The van der Waals surface area contributed by atoms with Crippen LogP contribution in [0.15, 0.2) is 11.6 Å². The van der Waals surface area contributed by atoms with E-state index in [1.807, 2.05) is 6.92 Å². The summed E-state index contributed by atoms with van der Waals surface area (Å²) in [5, 5.41) is 0. The smallest absolute Gasteiger partial charge is 0.111 e. The van der Waals surface area contributed by atoms with Crippen LogP contribution < -0.4 is 0 Å². The molecule has 1 rings (SSSR count). The van der Waals surface area contributed by atoms with Crippen molar-refractivity contribution < 1.29 is 9.13 Å². The molecular formula is C12H21FO. The molecule has 0 aliphatic heterocycles. The quantitative estimate of drug-likeness (QED) is 0.617. The Bertz CT molecular complexity index is 212. The first-order chi connectivity index (χ1) is 6.64. The molecule has 0 amide bonds. The lowest BCUT2D eigenvalue weighted by molar-refractivity contribution is 0.0427. The van der Waals surface area contributed by atoms with Crippen LogP contribution in [0.5, 0.6) is 0 Å². The van der Waals surface area contributed by atoms with Crippen LogP contribution in [-0.2, 0) is 4.74 Å². The molecule has 0 unspecified atom stereocenters. The van der Waals surface area contributed by atoms with E-state index in [0.717, 1.165) is 19.3 Å². The summed E-state index contributed by atoms with van der Waals surface area (Å²) < 4.78 is 19.2. The molecule has 0 bridgehead atoms. The lowest BCUT2D eigenvalue weighted by Gasteiger charge is -2.30. The van der Waals surface area contributed by atoms with Crippen LogP contribution in [0.3, 0.4) is 0 Å². The number of rotatable bonds is 5. The van der Waals surface area contributed by atoms with Gasteiger partial charge >= 0.3 is 0 Å². The molecule has 2 heteroatoms. The van der Waals surface area contributed by atoms with Gasteiger partial charge in [0.2, 0.25) is 0 Å². The molecular weight excluding hydrogens is 179 g/mol. The van der Waals surface area contributed by atoms with E-state index >= 15 is 0 Å². The molecule has 0 spiro atoms. The second kappa shape index (κ2) is 4.92. The Morgan fingerprint density at radius 1 is 1.64 bits per heavy atom. The highest BCUT2D eigenvalue weighted by atomic mass is 19.1. The molecule has 0 aromatic rings. The molecule has 0 saturated carbocycles. The summed E-state index contributed by atoms with van der Waals surface area (Å²) >= 11 is 0. The molecule has 14 heavy (non-hydrogen) atoms. The van der Waals surface area contributed by atoms with E-state index in [9.17, 15) is 4.39 Å². The minimum atomic E-state index is -0.745. The van der Waals surface area contributed by atoms with E-state index in [0.29, 0.717) is 13.0 Å². The van der Waals surface area contributed by atoms with Crippen LogP contribution in [0.4, 0.5) is 4.39 Å². The van der Waals surface area contributed by atoms with Crippen molar-refractivity contribution in [1.29, 1.82) is 0 Å². The average molecular weight is 200 g/mol. The second-order valence-corrected chi connectivity index (χ2v) is 4.41. The summed E-state index contributed by atoms with van der Waals surface area (Å²) in [6.07, 6.45) is 4.83. The maximum Gasteiger partial charge on any atom is 0.111 e. The van der Waals surface area contributed by atoms with Gasteiger partial charge < -0.3 is 4.74 Å². The van der Waals surface area contributed by atoms with E-state index < -0.39 is 6.17 Å². The Balaban J connectivity index is 2.72. The zero-order valence-corrected chi connectivity index (χ0v) is 9.48. The molecule has 0 N–H and O–H groups in total. The molecule has 0 aromatic heterocycles. The Morgan fingerprint density at radius 3 is 2.79 bits per heavy atom. The van der Waals surface area contributed by atoms with Crippen molar-refractivity contribution in [2.75, 3.05) is 13.7 Å². The van der Waals surface area contributed by atoms with Gasteiger partial charge in [-0.2, -0.15) is 0 Å². The lowest BCUT2D eigenvalue weighted by atomic mass is 9.81. The molecule has 0 heterocycles. The van der Waals surface area contributed by atoms with Gasteiger partial charge in [0.05, 0.1) is 6.61 Å². The predicted molar refractivity (Wildman–Crippen MR) is 57.1 cm³/mol. The van der Waals surface area contributed by atoms with Crippen LogP contribution in [0.2, 0.25) is 0 Å². The van der Waals surface area contributed by atoms with Gasteiger partial charge in [0.15, 0.2) is 0 Å². The third-order valence-corrected chi connectivity index (χ3v) is 3.10. The van der Waals surface area contributed by atoms with Crippen molar-refractivity contribution in [1.82, 2.24) is 0 Å². The predicted octanol–water partition coefficient (Wildman–Crippen LogP) is 3.50. The van der Waals surface area contributed by atoms with Crippen molar-refractivity contribution in [2.45, 2.75) is 45.7 Å². The largest absolute Gasteiger partial charge is 0.384 e. The van der Waals surface area contributed by atoms with Gasteiger partial charge in [-0.05, 0) is 26.2 Å². The molecule has 0 fully saturated rings. The number of alkyl halides is 1. The Kier molecular flexibility index (Phi) is 4.11. The van der Waals surface area contributed by atoms with Gasteiger partial charge in [-0.1, -0.05) is 25.0 Å². The number of allylic oxidation sites excluding steroid dienone is 1. The van der Waals surface area contributed by atoms with Crippen LogP contribution in [-0.4, -0.2) is 19.9 Å². The number of halogens is 1. The molecule has 0 radical (unpaired) electrons. The van der Waals surface area contributed by atoms with Crippen molar-refractivity contribution in [3.63, 3.8) is 0 Å². The van der Waals surface area contributed by atoms with Gasteiger partial charge in [0.1, 0.15) is 6.17 Å². The topological polar surface area (TPSA) is 9.23 Å². The number of methoxy groups -OCH3 is 1. The molecule has 1 aliphatic rings. The molecule has 82 valence electrons. The SMILES string of the molecule is CCC[C@@H](F)[C@@]1(COC)C=C(C)CC1. The summed E-state index contributed by atoms with van der Waals surface area (Å²) in [5.41, 5.74) is 0.982. The summed E-state index contributed by atoms with van der Waals surface area (Å²) in [6.45, 7) is 4.63. The third kappa shape index (κ3) is 2.35. The first-order valence-corrected chi connectivity index (χ1v) is 5.46. The van der Waals surface area contributed by atoms with Gasteiger partial charge in [-0.15, -0.1) is 0 Å². The molecule has 0 aromatic carbocycles. The highest BCUT2D eigenvalue weighted by molar-refractivity contribution is 5.17. The molecule has 2 atom stereocenters. The van der Waals surface area contributed by atoms with Crippen LogP contribution >= 0.6 is 0 Å². The maximum absolute atomic E-state index is 14.0. The molecule has 0 saturated heterocycles. The van der Waals surface area contributed by atoms with E-state index in [1.165, 1.54) is 5.57 Å². The van der Waals surface area contributed by atoms with E-state index in [1.54, 1.807) is 7.11 Å². The van der Waals surface area contributed by atoms with E-state index in [2.05, 4.69) is 13.0 Å². The number of hydrogen-bond acceptors (Lipinski definition) is 1. The second-order valence-electron chi connectivity index (χ2n) is 4.41. The van der Waals surface area contributed by atoms with Crippen molar-refractivity contribution >= 4 is 0 Å². The third-order valence-electron chi connectivity index (χ3n) is 3.10. The fraction of sp³-hybridized carbons (Fsp3) is 0.833. The minimum absolute atomic E-state index is 0.325. The minimum Gasteiger partial charge on any atom is -0.384 e. The zero-order chi connectivity index (χ0) is 10.6. The zero-order valence-electron chi connectivity index (χ0n) is 9.48. The maximum atomic E-state index is 14.0. The van der Waals surface area contributed by atoms with E-state index in [-0.39, 0.29) is 5.41 Å².